The van der Waals surface area contributed by atoms with Crippen LogP contribution in [0, 0.1) is 18.8 Å². The third-order valence-corrected chi connectivity index (χ3v) is 2.47. The number of carbonyl (C=O) groups excluding carboxylic acids is 1. The first-order chi connectivity index (χ1) is 9.20. The maximum atomic E-state index is 12.1. The molecular weight excluding hydrogens is 240 g/mol. The third kappa shape index (κ3) is 3.21. The fraction of sp³-hybridized carbons (Fsp3) is 0.143. The number of nitrogens with one attached hydrogen (secondary N) is 2. The maximum Gasteiger partial charge on any atom is 0.259 e. The number of aryl methyl sites for hydroxylation is 1. The van der Waals surface area contributed by atoms with E-state index in [2.05, 4.69) is 27.1 Å². The summed E-state index contributed by atoms with van der Waals surface area (Å²) in [6, 6.07) is 5.47. The standard InChI is InChI=1S/C14H14N4O/c1-10-4-5-12(11(9-10)3-2-6-15)13(19)18-14-16-7-8-17-14/h4-5,7-9H,6,15H2,1H3,(H2,16,17,18,19). The van der Waals surface area contributed by atoms with E-state index in [1.54, 1.807) is 18.5 Å². The summed E-state index contributed by atoms with van der Waals surface area (Å²) in [5, 5.41) is 2.67. The van der Waals surface area contributed by atoms with E-state index in [0.29, 0.717) is 17.1 Å². The number of nitrogens with two attached hydrogens (primary N) is 1. The normalized spacial score (nSPS) is 9.58. The Hall–Kier alpha value is -2.58. The largest absolute Gasteiger partial charge is 0.331 e. The number of anilines is 1. The first kappa shape index (κ1) is 12.9. The fourth-order valence-electron chi connectivity index (χ4n) is 1.61. The van der Waals surface area contributed by atoms with Gasteiger partial charge in [0.2, 0.25) is 5.95 Å². The van der Waals surface area contributed by atoms with Gasteiger partial charge >= 0.3 is 0 Å². The molecule has 0 radical (unpaired) electrons. The van der Waals surface area contributed by atoms with E-state index in [9.17, 15) is 4.79 Å². The summed E-state index contributed by atoms with van der Waals surface area (Å²) in [6.07, 6.45) is 3.21. The van der Waals surface area contributed by atoms with Gasteiger partial charge in [-0.05, 0) is 24.6 Å². The summed E-state index contributed by atoms with van der Waals surface area (Å²) in [5.74, 6) is 5.82. The molecule has 1 aromatic heterocycles. The summed E-state index contributed by atoms with van der Waals surface area (Å²) >= 11 is 0. The maximum absolute atomic E-state index is 12.1. The van der Waals surface area contributed by atoms with Crippen LogP contribution in [0.25, 0.3) is 0 Å². The average Bonchev–Trinajstić information content (AvgIpc) is 2.89. The Morgan fingerprint density at radius 2 is 2.37 bits per heavy atom. The number of aromatic nitrogens is 2. The second-order valence-electron chi connectivity index (χ2n) is 3.95. The van der Waals surface area contributed by atoms with Gasteiger partial charge in [-0.15, -0.1) is 0 Å². The zero-order valence-corrected chi connectivity index (χ0v) is 10.5. The molecule has 96 valence electrons. The van der Waals surface area contributed by atoms with Gasteiger partial charge in [-0.25, -0.2) is 4.98 Å². The molecule has 1 heterocycles. The molecular formula is C14H14N4O. The van der Waals surface area contributed by atoms with E-state index < -0.39 is 0 Å². The summed E-state index contributed by atoms with van der Waals surface area (Å²) in [6.45, 7) is 2.20. The first-order valence-electron chi connectivity index (χ1n) is 5.81. The van der Waals surface area contributed by atoms with Crippen LogP contribution in [-0.2, 0) is 0 Å². The van der Waals surface area contributed by atoms with Gasteiger partial charge in [0.25, 0.3) is 5.91 Å². The van der Waals surface area contributed by atoms with Crippen LogP contribution in [0.2, 0.25) is 0 Å². The topological polar surface area (TPSA) is 83.8 Å². The van der Waals surface area contributed by atoms with Gasteiger partial charge in [-0.2, -0.15) is 0 Å². The second-order valence-corrected chi connectivity index (χ2v) is 3.95. The number of hydrogen-bond donors (Lipinski definition) is 3. The molecule has 1 amide bonds. The lowest BCUT2D eigenvalue weighted by atomic mass is 10.0. The van der Waals surface area contributed by atoms with E-state index in [-0.39, 0.29) is 12.5 Å². The molecule has 5 nitrogen and oxygen atoms in total. The molecule has 0 fully saturated rings. The zero-order valence-electron chi connectivity index (χ0n) is 10.5. The predicted octanol–water partition coefficient (Wildman–Crippen LogP) is 1.28. The van der Waals surface area contributed by atoms with Crippen molar-refractivity contribution in [2.24, 2.45) is 5.73 Å². The Morgan fingerprint density at radius 3 is 3.05 bits per heavy atom. The van der Waals surface area contributed by atoms with Crippen molar-refractivity contribution in [3.05, 3.63) is 47.3 Å². The summed E-state index contributed by atoms with van der Waals surface area (Å²) < 4.78 is 0. The van der Waals surface area contributed by atoms with E-state index >= 15 is 0 Å². The van der Waals surface area contributed by atoms with Crippen LogP contribution < -0.4 is 11.1 Å². The Bertz CT molecular complexity index is 635. The molecule has 0 aliphatic rings. The SMILES string of the molecule is Cc1ccc(C(=O)Nc2ncc[nH]2)c(C#CCN)c1. The van der Waals surface area contributed by atoms with Crippen LogP contribution in [0.15, 0.2) is 30.6 Å². The molecule has 0 bridgehead atoms. The van der Waals surface area contributed by atoms with Crippen molar-refractivity contribution < 1.29 is 4.79 Å². The molecule has 5 heteroatoms. The molecule has 0 unspecified atom stereocenters. The molecule has 0 aliphatic carbocycles. The quantitative estimate of drug-likeness (QED) is 0.706. The van der Waals surface area contributed by atoms with E-state index in [4.69, 9.17) is 5.73 Å². The van der Waals surface area contributed by atoms with Gasteiger partial charge in [0.1, 0.15) is 0 Å². The number of H-pyrrole nitrogens is 1. The lowest BCUT2D eigenvalue weighted by Gasteiger charge is -2.05. The minimum Gasteiger partial charge on any atom is -0.331 e. The van der Waals surface area contributed by atoms with Gasteiger partial charge < -0.3 is 10.7 Å². The van der Waals surface area contributed by atoms with Crippen LogP contribution in [-0.4, -0.2) is 22.4 Å². The fourth-order valence-corrected chi connectivity index (χ4v) is 1.61. The van der Waals surface area contributed by atoms with Gasteiger partial charge in [0.05, 0.1) is 12.1 Å². The summed E-state index contributed by atoms with van der Waals surface area (Å²) in [4.78, 5) is 18.9. The summed E-state index contributed by atoms with van der Waals surface area (Å²) in [7, 11) is 0. The molecule has 19 heavy (non-hydrogen) atoms. The Kier molecular flexibility index (Phi) is 3.96. The number of aromatic amines is 1. The van der Waals surface area contributed by atoms with Crippen LogP contribution >= 0.6 is 0 Å². The van der Waals surface area contributed by atoms with Gasteiger partial charge in [-0.3, -0.25) is 10.1 Å². The molecule has 2 aromatic rings. The highest BCUT2D eigenvalue weighted by Gasteiger charge is 2.11. The van der Waals surface area contributed by atoms with Crippen molar-refractivity contribution in [1.29, 1.82) is 0 Å². The van der Waals surface area contributed by atoms with Crippen LogP contribution in [0.5, 0.6) is 0 Å². The molecule has 0 spiro atoms. The Morgan fingerprint density at radius 1 is 1.53 bits per heavy atom. The highest BCUT2D eigenvalue weighted by molar-refractivity contribution is 6.05. The third-order valence-electron chi connectivity index (χ3n) is 2.47. The molecule has 0 saturated carbocycles. The Labute approximate surface area is 111 Å². The number of benzene rings is 1. The molecule has 0 saturated heterocycles. The molecule has 0 aliphatic heterocycles. The van der Waals surface area contributed by atoms with E-state index in [1.165, 1.54) is 0 Å². The second kappa shape index (κ2) is 5.85. The number of nitrogens with zero attached hydrogens (tertiary/aromatic N) is 1. The number of imidazole rings is 1. The van der Waals surface area contributed by atoms with Crippen molar-refractivity contribution in [1.82, 2.24) is 9.97 Å². The lowest BCUT2D eigenvalue weighted by Crippen LogP contribution is -2.14. The first-order valence-corrected chi connectivity index (χ1v) is 5.81. The minimum absolute atomic E-state index is 0.253. The van der Waals surface area contributed by atoms with Crippen molar-refractivity contribution in [3.8, 4) is 11.8 Å². The minimum atomic E-state index is -0.253. The molecule has 4 N–H and O–H groups in total. The highest BCUT2D eigenvalue weighted by atomic mass is 16.1. The van der Waals surface area contributed by atoms with Gasteiger partial charge in [0.15, 0.2) is 0 Å². The van der Waals surface area contributed by atoms with E-state index in [1.807, 2.05) is 19.1 Å². The Balaban J connectivity index is 2.30. The number of amides is 1. The lowest BCUT2D eigenvalue weighted by molar-refractivity contribution is 0.102. The van der Waals surface area contributed by atoms with Crippen LogP contribution in [0.1, 0.15) is 21.5 Å². The van der Waals surface area contributed by atoms with Crippen molar-refractivity contribution in [2.75, 3.05) is 11.9 Å². The molecule has 0 atom stereocenters. The smallest absolute Gasteiger partial charge is 0.259 e. The van der Waals surface area contributed by atoms with Crippen molar-refractivity contribution >= 4 is 11.9 Å². The van der Waals surface area contributed by atoms with Gasteiger partial charge in [-0.1, -0.05) is 17.9 Å². The summed E-state index contributed by atoms with van der Waals surface area (Å²) in [5.41, 5.74) is 7.56. The van der Waals surface area contributed by atoms with Crippen LogP contribution in [0.3, 0.4) is 0 Å². The van der Waals surface area contributed by atoms with Crippen LogP contribution in [0.4, 0.5) is 5.95 Å². The number of rotatable bonds is 2. The number of hydrogen-bond acceptors (Lipinski definition) is 3. The monoisotopic (exact) mass is 254 g/mol. The number of carbonyl (C=O) groups is 1. The van der Waals surface area contributed by atoms with E-state index in [0.717, 1.165) is 5.56 Å². The highest BCUT2D eigenvalue weighted by Crippen LogP contribution is 2.12. The zero-order chi connectivity index (χ0) is 13.7. The predicted molar refractivity (Wildman–Crippen MR) is 73.7 cm³/mol. The van der Waals surface area contributed by atoms with Gasteiger partial charge in [0, 0.05) is 18.0 Å². The average molecular weight is 254 g/mol. The van der Waals surface area contributed by atoms with Crippen molar-refractivity contribution in [3.63, 3.8) is 0 Å². The molecule has 2 rings (SSSR count). The molecule has 1 aromatic carbocycles. The van der Waals surface area contributed by atoms with Crippen molar-refractivity contribution in [2.45, 2.75) is 6.92 Å².